The molecule has 0 spiro atoms. The number of sulfonamides is 1. The fourth-order valence-corrected chi connectivity index (χ4v) is 6.24. The van der Waals surface area contributed by atoms with Crippen molar-refractivity contribution in [1.29, 1.82) is 0 Å². The lowest BCUT2D eigenvalue weighted by atomic mass is 9.94. The van der Waals surface area contributed by atoms with Crippen molar-refractivity contribution in [2.75, 3.05) is 20.1 Å². The number of hydrogen-bond acceptors (Lipinski definition) is 4. The molecule has 0 N–H and O–H groups in total. The van der Waals surface area contributed by atoms with E-state index in [-0.39, 0.29) is 17.3 Å². The van der Waals surface area contributed by atoms with Gasteiger partial charge in [0.1, 0.15) is 11.4 Å². The van der Waals surface area contributed by atoms with Gasteiger partial charge < -0.3 is 4.90 Å². The lowest BCUT2D eigenvalue weighted by Crippen LogP contribution is -2.40. The van der Waals surface area contributed by atoms with E-state index in [2.05, 4.69) is 5.10 Å². The van der Waals surface area contributed by atoms with Crippen LogP contribution in [0, 0.1) is 13.8 Å². The number of likely N-dealkylation sites (N-methyl/N-ethyl adjacent to an activating group) is 1. The molecule has 8 heteroatoms. The van der Waals surface area contributed by atoms with Crippen molar-refractivity contribution in [2.24, 2.45) is 0 Å². The summed E-state index contributed by atoms with van der Waals surface area (Å²) in [5.41, 5.74) is 1.04. The number of hydrogen-bond donors (Lipinski definition) is 0. The quantitative estimate of drug-likeness (QED) is 0.766. The molecule has 0 atom stereocenters. The van der Waals surface area contributed by atoms with Crippen molar-refractivity contribution in [2.45, 2.75) is 82.7 Å². The monoisotopic (exact) mass is 396 g/mol. The van der Waals surface area contributed by atoms with Gasteiger partial charge in [-0.3, -0.25) is 9.48 Å². The Morgan fingerprint density at radius 1 is 1.07 bits per heavy atom. The van der Waals surface area contributed by atoms with E-state index in [0.717, 1.165) is 32.1 Å². The Bertz CT molecular complexity index is 775. The van der Waals surface area contributed by atoms with Gasteiger partial charge in [0.25, 0.3) is 0 Å². The van der Waals surface area contributed by atoms with E-state index in [1.165, 1.54) is 19.3 Å². The van der Waals surface area contributed by atoms with Crippen LogP contribution in [0.3, 0.4) is 0 Å². The van der Waals surface area contributed by atoms with Gasteiger partial charge in [-0.25, -0.2) is 8.42 Å². The van der Waals surface area contributed by atoms with Gasteiger partial charge in [-0.2, -0.15) is 9.40 Å². The second-order valence-corrected chi connectivity index (χ2v) is 9.79. The topological polar surface area (TPSA) is 75.5 Å². The highest BCUT2D eigenvalue weighted by Crippen LogP contribution is 2.26. The summed E-state index contributed by atoms with van der Waals surface area (Å²) >= 11 is 0. The standard InChI is InChI=1S/C19H32N4O3S/c1-15-19(27(25,26)22-12-8-5-9-13-22)16(2)23(20-15)14-18(24)21(3)17-10-6-4-7-11-17/h17H,4-14H2,1-3H3. The first-order valence-corrected chi connectivity index (χ1v) is 11.6. The molecule has 0 bridgehead atoms. The summed E-state index contributed by atoms with van der Waals surface area (Å²) in [6.07, 6.45) is 8.55. The van der Waals surface area contributed by atoms with E-state index in [1.807, 2.05) is 11.9 Å². The van der Waals surface area contributed by atoms with Gasteiger partial charge >= 0.3 is 0 Å². The van der Waals surface area contributed by atoms with Crippen molar-refractivity contribution in [3.63, 3.8) is 0 Å². The predicted molar refractivity (Wildman–Crippen MR) is 104 cm³/mol. The summed E-state index contributed by atoms with van der Waals surface area (Å²) in [5, 5.41) is 4.40. The minimum absolute atomic E-state index is 0.00517. The third-order valence-corrected chi connectivity index (χ3v) is 8.18. The Labute approximate surface area is 162 Å². The van der Waals surface area contributed by atoms with E-state index in [0.29, 0.717) is 30.5 Å². The van der Waals surface area contributed by atoms with E-state index in [1.54, 1.807) is 22.8 Å². The third kappa shape index (κ3) is 4.21. The molecule has 2 aliphatic rings. The molecule has 0 aromatic carbocycles. The van der Waals surface area contributed by atoms with Gasteiger partial charge in [0.2, 0.25) is 15.9 Å². The fraction of sp³-hybridized carbons (Fsp3) is 0.789. The summed E-state index contributed by atoms with van der Waals surface area (Å²) in [7, 11) is -1.70. The van der Waals surface area contributed by atoms with Crippen LogP contribution in [0.2, 0.25) is 0 Å². The molecule has 1 amide bonds. The summed E-state index contributed by atoms with van der Waals surface area (Å²) < 4.78 is 29.3. The highest BCUT2D eigenvalue weighted by molar-refractivity contribution is 7.89. The molecule has 0 radical (unpaired) electrons. The number of aryl methyl sites for hydroxylation is 1. The third-order valence-electron chi connectivity index (χ3n) is 6.03. The zero-order valence-corrected chi connectivity index (χ0v) is 17.6. The molecule has 152 valence electrons. The van der Waals surface area contributed by atoms with Crippen molar-refractivity contribution >= 4 is 15.9 Å². The van der Waals surface area contributed by atoms with Crippen LogP contribution < -0.4 is 0 Å². The molecular formula is C19H32N4O3S. The molecule has 2 fully saturated rings. The van der Waals surface area contributed by atoms with Crippen molar-refractivity contribution < 1.29 is 13.2 Å². The Kier molecular flexibility index (Phi) is 6.25. The zero-order valence-electron chi connectivity index (χ0n) is 16.8. The van der Waals surface area contributed by atoms with E-state index in [4.69, 9.17) is 0 Å². The summed E-state index contributed by atoms with van der Waals surface area (Å²) in [6.45, 7) is 4.70. The van der Waals surface area contributed by atoms with Crippen LogP contribution in [0.4, 0.5) is 0 Å². The second-order valence-electron chi connectivity index (χ2n) is 7.92. The number of rotatable bonds is 5. The number of aromatic nitrogens is 2. The van der Waals surface area contributed by atoms with Crippen LogP contribution in [0.5, 0.6) is 0 Å². The fourth-order valence-electron chi connectivity index (χ4n) is 4.35. The molecule has 1 aromatic heterocycles. The normalized spacial score (nSPS) is 20.0. The molecule has 1 aliphatic heterocycles. The Morgan fingerprint density at radius 2 is 1.67 bits per heavy atom. The van der Waals surface area contributed by atoms with E-state index < -0.39 is 10.0 Å². The summed E-state index contributed by atoms with van der Waals surface area (Å²) in [5.74, 6) is -0.00517. The highest BCUT2D eigenvalue weighted by Gasteiger charge is 2.32. The maximum Gasteiger partial charge on any atom is 0.246 e. The SMILES string of the molecule is Cc1nn(CC(=O)N(C)C2CCCCC2)c(C)c1S(=O)(=O)N1CCCCC1. The van der Waals surface area contributed by atoms with Crippen LogP contribution >= 0.6 is 0 Å². The zero-order chi connectivity index (χ0) is 19.6. The van der Waals surface area contributed by atoms with Crippen molar-refractivity contribution in [1.82, 2.24) is 19.0 Å². The van der Waals surface area contributed by atoms with Gasteiger partial charge in [-0.05, 0) is 39.5 Å². The number of carbonyl (C=O) groups excluding carboxylic acids is 1. The van der Waals surface area contributed by atoms with Crippen LogP contribution in [-0.2, 0) is 21.4 Å². The van der Waals surface area contributed by atoms with Gasteiger partial charge in [0, 0.05) is 26.2 Å². The summed E-state index contributed by atoms with van der Waals surface area (Å²) in [6, 6.07) is 0.291. The van der Waals surface area contributed by atoms with Crippen LogP contribution in [0.25, 0.3) is 0 Å². The van der Waals surface area contributed by atoms with Crippen molar-refractivity contribution in [3.05, 3.63) is 11.4 Å². The minimum atomic E-state index is -3.55. The number of piperidine rings is 1. The average Bonchev–Trinajstić information content (AvgIpc) is 2.96. The largest absolute Gasteiger partial charge is 0.341 e. The molecule has 1 aromatic rings. The number of amides is 1. The Balaban J connectivity index is 1.78. The first-order valence-electron chi connectivity index (χ1n) is 10.1. The highest BCUT2D eigenvalue weighted by atomic mass is 32.2. The predicted octanol–water partition coefficient (Wildman–Crippen LogP) is 2.47. The van der Waals surface area contributed by atoms with Crippen LogP contribution in [-0.4, -0.2) is 59.5 Å². The molecule has 1 saturated heterocycles. The molecule has 3 rings (SSSR count). The average molecular weight is 397 g/mol. The first-order chi connectivity index (χ1) is 12.8. The summed E-state index contributed by atoms with van der Waals surface area (Å²) in [4.78, 5) is 14.8. The van der Waals surface area contributed by atoms with Crippen molar-refractivity contribution in [3.8, 4) is 0 Å². The molecule has 27 heavy (non-hydrogen) atoms. The van der Waals surface area contributed by atoms with Gasteiger partial charge in [0.15, 0.2) is 0 Å². The molecular weight excluding hydrogens is 364 g/mol. The Morgan fingerprint density at radius 3 is 2.30 bits per heavy atom. The van der Waals surface area contributed by atoms with Crippen LogP contribution in [0.15, 0.2) is 4.90 Å². The molecule has 7 nitrogen and oxygen atoms in total. The lowest BCUT2D eigenvalue weighted by molar-refractivity contribution is -0.133. The van der Waals surface area contributed by atoms with Gasteiger partial charge in [-0.15, -0.1) is 0 Å². The lowest BCUT2D eigenvalue weighted by Gasteiger charge is -2.31. The molecule has 2 heterocycles. The molecule has 1 saturated carbocycles. The van der Waals surface area contributed by atoms with E-state index in [9.17, 15) is 13.2 Å². The molecule has 0 unspecified atom stereocenters. The maximum atomic E-state index is 13.1. The second kappa shape index (κ2) is 8.31. The maximum absolute atomic E-state index is 13.1. The Hall–Kier alpha value is -1.41. The number of nitrogens with zero attached hydrogens (tertiary/aromatic N) is 4. The number of carbonyl (C=O) groups is 1. The minimum Gasteiger partial charge on any atom is -0.341 e. The van der Waals surface area contributed by atoms with Crippen LogP contribution in [0.1, 0.15) is 62.8 Å². The van der Waals surface area contributed by atoms with E-state index >= 15 is 0 Å². The smallest absolute Gasteiger partial charge is 0.246 e. The first kappa shape index (κ1) is 20.3. The van der Waals surface area contributed by atoms with Gasteiger partial charge in [-0.1, -0.05) is 25.7 Å². The molecule has 1 aliphatic carbocycles. The van der Waals surface area contributed by atoms with Gasteiger partial charge in [0.05, 0.1) is 11.4 Å².